The van der Waals surface area contributed by atoms with E-state index in [1.807, 2.05) is 20.8 Å². The zero-order valence-electron chi connectivity index (χ0n) is 18.4. The fourth-order valence-corrected chi connectivity index (χ4v) is 3.04. The van der Waals surface area contributed by atoms with Gasteiger partial charge in [0.2, 0.25) is 5.91 Å². The van der Waals surface area contributed by atoms with Crippen LogP contribution in [0.15, 0.2) is 18.2 Å². The first-order chi connectivity index (χ1) is 14.1. The predicted molar refractivity (Wildman–Crippen MR) is 115 cm³/mol. The molecule has 0 atom stereocenters. The molecule has 168 valence electrons. The van der Waals surface area contributed by atoms with Crippen LogP contribution in [0.4, 0.5) is 14.9 Å². The molecule has 1 aliphatic heterocycles. The second-order valence-corrected chi connectivity index (χ2v) is 8.25. The van der Waals surface area contributed by atoms with E-state index in [0.29, 0.717) is 43.6 Å². The van der Waals surface area contributed by atoms with Gasteiger partial charge in [-0.25, -0.2) is 9.18 Å². The van der Waals surface area contributed by atoms with Crippen LogP contribution in [0, 0.1) is 5.82 Å². The molecule has 8 heteroatoms. The van der Waals surface area contributed by atoms with Crippen molar-refractivity contribution in [3.8, 4) is 0 Å². The number of nitrogens with one attached hydrogen (secondary N) is 1. The number of halogens is 1. The maximum absolute atomic E-state index is 13.9. The number of nitrogens with zero attached hydrogens (tertiary/aromatic N) is 1. The zero-order chi connectivity index (χ0) is 22.7. The van der Waals surface area contributed by atoms with Gasteiger partial charge in [-0.05, 0) is 63.6 Å². The highest BCUT2D eigenvalue weighted by atomic mass is 19.1. The standard InChI is InChI=1S/C16H23FN2O2.C6H11NO2/c1-16(2,3)21-15(20)19-8-6-11(7-9-19)13-5-4-12(18)10-14(13)17;1-7-6(9)4-2-3-5-8/h4-5,10-11H,6-9,18H2,1-3H3;5H,2-4H2,1H3,(H,7,9). The Labute approximate surface area is 178 Å². The third kappa shape index (κ3) is 9.24. The summed E-state index contributed by atoms with van der Waals surface area (Å²) in [5.41, 5.74) is 6.20. The van der Waals surface area contributed by atoms with E-state index in [-0.39, 0.29) is 23.7 Å². The first-order valence-electron chi connectivity index (χ1n) is 10.2. The number of benzene rings is 1. The van der Waals surface area contributed by atoms with Crippen LogP contribution in [0.5, 0.6) is 0 Å². The summed E-state index contributed by atoms with van der Waals surface area (Å²) in [6.45, 7) is 6.72. The maximum atomic E-state index is 13.9. The van der Waals surface area contributed by atoms with Crippen molar-refractivity contribution in [2.75, 3.05) is 25.9 Å². The Morgan fingerprint density at radius 2 is 1.93 bits per heavy atom. The van der Waals surface area contributed by atoms with Crippen LogP contribution < -0.4 is 11.1 Å². The predicted octanol–water partition coefficient (Wildman–Crippen LogP) is 3.62. The summed E-state index contributed by atoms with van der Waals surface area (Å²) in [6.07, 6.45) is 3.59. The number of piperidine rings is 1. The molecule has 7 nitrogen and oxygen atoms in total. The van der Waals surface area contributed by atoms with E-state index in [1.165, 1.54) is 6.07 Å². The number of carbonyl (C=O) groups excluding carboxylic acids is 3. The van der Waals surface area contributed by atoms with E-state index in [1.54, 1.807) is 24.1 Å². The van der Waals surface area contributed by atoms with E-state index < -0.39 is 5.60 Å². The molecule has 0 spiro atoms. The number of rotatable bonds is 5. The Balaban J connectivity index is 0.000000424. The van der Waals surface area contributed by atoms with Gasteiger partial charge in [-0.3, -0.25) is 4.79 Å². The Morgan fingerprint density at radius 1 is 1.30 bits per heavy atom. The van der Waals surface area contributed by atoms with Crippen LogP contribution in [-0.2, 0) is 14.3 Å². The summed E-state index contributed by atoms with van der Waals surface area (Å²) < 4.78 is 19.3. The van der Waals surface area contributed by atoms with E-state index in [2.05, 4.69) is 5.32 Å². The van der Waals surface area contributed by atoms with Crippen LogP contribution >= 0.6 is 0 Å². The lowest BCUT2D eigenvalue weighted by molar-refractivity contribution is -0.120. The molecule has 1 aliphatic rings. The highest BCUT2D eigenvalue weighted by Gasteiger charge is 2.28. The summed E-state index contributed by atoms with van der Waals surface area (Å²) in [6, 6.07) is 4.83. The molecule has 0 aromatic heterocycles. The third-order valence-electron chi connectivity index (χ3n) is 4.62. The second kappa shape index (κ2) is 12.1. The van der Waals surface area contributed by atoms with E-state index >= 15 is 0 Å². The van der Waals surface area contributed by atoms with Gasteiger partial charge in [-0.2, -0.15) is 0 Å². The molecule has 2 rings (SSSR count). The summed E-state index contributed by atoms with van der Waals surface area (Å²) in [5, 5.41) is 2.47. The molecule has 1 heterocycles. The van der Waals surface area contributed by atoms with Crippen LogP contribution in [-0.4, -0.2) is 48.9 Å². The minimum Gasteiger partial charge on any atom is -0.444 e. The molecule has 1 fully saturated rings. The second-order valence-electron chi connectivity index (χ2n) is 8.25. The van der Waals surface area contributed by atoms with Crippen molar-refractivity contribution >= 4 is 24.0 Å². The number of amides is 2. The van der Waals surface area contributed by atoms with Crippen LogP contribution in [0.25, 0.3) is 0 Å². The average molecular weight is 424 g/mol. The van der Waals surface area contributed by atoms with Gasteiger partial charge in [-0.1, -0.05) is 6.07 Å². The highest BCUT2D eigenvalue weighted by molar-refractivity contribution is 5.75. The quantitative estimate of drug-likeness (QED) is 0.428. The molecular formula is C22H34FN3O4. The maximum Gasteiger partial charge on any atom is 0.410 e. The largest absolute Gasteiger partial charge is 0.444 e. The number of unbranched alkanes of at least 4 members (excludes halogenated alkanes) is 1. The normalized spacial score (nSPS) is 14.4. The molecule has 0 radical (unpaired) electrons. The van der Waals surface area contributed by atoms with Crippen LogP contribution in [0.1, 0.15) is 64.4 Å². The van der Waals surface area contributed by atoms with E-state index in [4.69, 9.17) is 10.5 Å². The summed E-state index contributed by atoms with van der Waals surface area (Å²) in [5.74, 6) is -0.133. The lowest BCUT2D eigenvalue weighted by atomic mass is 9.89. The third-order valence-corrected chi connectivity index (χ3v) is 4.62. The molecule has 0 bridgehead atoms. The number of anilines is 1. The topological polar surface area (TPSA) is 102 Å². The van der Waals surface area contributed by atoms with Crippen molar-refractivity contribution in [3.05, 3.63) is 29.6 Å². The minimum absolute atomic E-state index is 0.00292. The number of carbonyl (C=O) groups is 3. The number of nitrogens with two attached hydrogens (primary N) is 1. The van der Waals surface area contributed by atoms with Crippen LogP contribution in [0.3, 0.4) is 0 Å². The Bertz CT molecular complexity index is 711. The lowest BCUT2D eigenvalue weighted by Gasteiger charge is -2.33. The van der Waals surface area contributed by atoms with Crippen molar-refractivity contribution in [1.82, 2.24) is 10.2 Å². The molecule has 0 unspecified atom stereocenters. The first kappa shape index (κ1) is 25.4. The molecule has 3 N–H and O–H groups in total. The summed E-state index contributed by atoms with van der Waals surface area (Å²) >= 11 is 0. The fraction of sp³-hybridized carbons (Fsp3) is 0.591. The number of ether oxygens (including phenoxy) is 1. The van der Waals surface area contributed by atoms with Gasteiger partial charge in [0.1, 0.15) is 17.7 Å². The number of aldehydes is 1. The van der Waals surface area contributed by atoms with Gasteiger partial charge in [0, 0.05) is 38.7 Å². The Kier molecular flexibility index (Phi) is 10.3. The van der Waals surface area contributed by atoms with Gasteiger partial charge in [0.15, 0.2) is 0 Å². The summed E-state index contributed by atoms with van der Waals surface area (Å²) in [4.78, 5) is 33.9. The monoisotopic (exact) mass is 423 g/mol. The van der Waals surface area contributed by atoms with Crippen molar-refractivity contribution < 1.29 is 23.5 Å². The molecule has 2 amide bonds. The number of hydrogen-bond acceptors (Lipinski definition) is 5. The molecular weight excluding hydrogens is 389 g/mol. The SMILES string of the molecule is CC(C)(C)OC(=O)N1CCC(c2ccc(N)cc2F)CC1.CNC(=O)CCCC=O. The van der Waals surface area contributed by atoms with Crippen molar-refractivity contribution in [1.29, 1.82) is 0 Å². The van der Waals surface area contributed by atoms with Gasteiger partial charge < -0.3 is 25.5 Å². The molecule has 0 aliphatic carbocycles. The fourth-order valence-electron chi connectivity index (χ4n) is 3.04. The first-order valence-corrected chi connectivity index (χ1v) is 10.2. The number of nitrogen functional groups attached to an aromatic ring is 1. The van der Waals surface area contributed by atoms with Gasteiger partial charge in [0.05, 0.1) is 0 Å². The average Bonchev–Trinajstić information content (AvgIpc) is 2.67. The van der Waals surface area contributed by atoms with Gasteiger partial charge in [-0.15, -0.1) is 0 Å². The molecule has 1 aromatic carbocycles. The smallest absolute Gasteiger partial charge is 0.410 e. The van der Waals surface area contributed by atoms with E-state index in [0.717, 1.165) is 19.1 Å². The van der Waals surface area contributed by atoms with Gasteiger partial charge >= 0.3 is 6.09 Å². The minimum atomic E-state index is -0.489. The van der Waals surface area contributed by atoms with Crippen molar-refractivity contribution in [3.63, 3.8) is 0 Å². The van der Waals surface area contributed by atoms with Crippen molar-refractivity contribution in [2.45, 2.75) is 64.4 Å². The number of likely N-dealkylation sites (tertiary alicyclic amines) is 1. The molecule has 0 saturated carbocycles. The summed E-state index contributed by atoms with van der Waals surface area (Å²) in [7, 11) is 1.59. The molecule has 1 saturated heterocycles. The van der Waals surface area contributed by atoms with Gasteiger partial charge in [0.25, 0.3) is 0 Å². The Hall–Kier alpha value is -2.64. The van der Waals surface area contributed by atoms with E-state index in [9.17, 15) is 18.8 Å². The molecule has 30 heavy (non-hydrogen) atoms. The van der Waals surface area contributed by atoms with Crippen molar-refractivity contribution in [2.24, 2.45) is 0 Å². The zero-order valence-corrected chi connectivity index (χ0v) is 18.4. The Morgan fingerprint density at radius 3 is 2.43 bits per heavy atom. The van der Waals surface area contributed by atoms with Crippen LogP contribution in [0.2, 0.25) is 0 Å². The lowest BCUT2D eigenvalue weighted by Crippen LogP contribution is -2.41. The highest BCUT2D eigenvalue weighted by Crippen LogP contribution is 2.31. The molecule has 1 aromatic rings. The number of hydrogen-bond donors (Lipinski definition) is 2.